The highest BCUT2D eigenvalue weighted by molar-refractivity contribution is 5.77. The van der Waals surface area contributed by atoms with E-state index in [2.05, 4.69) is 37.3 Å². The van der Waals surface area contributed by atoms with Gasteiger partial charge in [-0.05, 0) is 37.0 Å². The molecule has 0 aliphatic heterocycles. The largest absolute Gasteiger partial charge is 0.464 e. The van der Waals surface area contributed by atoms with Gasteiger partial charge in [0.1, 0.15) is 5.58 Å². The number of hydrogen-bond acceptors (Lipinski definition) is 1. The first-order valence-electron chi connectivity index (χ1n) is 5.30. The van der Waals surface area contributed by atoms with Gasteiger partial charge in [-0.1, -0.05) is 31.2 Å². The molecule has 0 saturated heterocycles. The molecule has 0 unspecified atom stereocenters. The number of allylic oxidation sites excluding steroid dienone is 2. The van der Waals surface area contributed by atoms with Gasteiger partial charge in [0.2, 0.25) is 0 Å². The molecule has 0 amide bonds. The third-order valence-electron chi connectivity index (χ3n) is 2.41. The average molecular weight is 199 g/mol. The van der Waals surface area contributed by atoms with E-state index in [0.717, 1.165) is 24.8 Å². The summed E-state index contributed by atoms with van der Waals surface area (Å²) in [4.78, 5) is 0. The molecule has 15 heavy (non-hydrogen) atoms. The molecule has 0 aliphatic carbocycles. The van der Waals surface area contributed by atoms with Crippen LogP contribution in [0.1, 0.15) is 18.4 Å². The zero-order chi connectivity index (χ0) is 10.5. The lowest BCUT2D eigenvalue weighted by molar-refractivity contribution is 0.615. The third kappa shape index (κ3) is 2.50. The highest BCUT2D eigenvalue weighted by atomic mass is 16.3. The Bertz CT molecular complexity index is 451. The molecule has 0 N–H and O–H groups in total. The lowest BCUT2D eigenvalue weighted by atomic mass is 10.1. The van der Waals surface area contributed by atoms with Crippen molar-refractivity contribution < 1.29 is 4.42 Å². The first-order valence-corrected chi connectivity index (χ1v) is 5.30. The molecule has 0 saturated carbocycles. The lowest BCUT2D eigenvalue weighted by Crippen LogP contribution is -1.79. The number of unbranched alkanes of at least 4 members (excludes halogenated alkanes) is 1. The molecule has 1 heterocycles. The summed E-state index contributed by atoms with van der Waals surface area (Å²) < 4.78 is 5.35. The van der Waals surface area contributed by atoms with Crippen LogP contribution in [0, 0.1) is 6.92 Å². The van der Waals surface area contributed by atoms with E-state index < -0.39 is 0 Å². The van der Waals surface area contributed by atoms with E-state index in [1.54, 1.807) is 6.26 Å². The maximum atomic E-state index is 5.35. The van der Waals surface area contributed by atoms with Crippen LogP contribution < -0.4 is 0 Å². The maximum Gasteiger partial charge on any atom is 0.134 e. The third-order valence-corrected chi connectivity index (χ3v) is 2.41. The molecule has 1 aromatic heterocycles. The average Bonchev–Trinajstić information content (AvgIpc) is 2.71. The summed E-state index contributed by atoms with van der Waals surface area (Å²) in [7, 11) is 0. The predicted octanol–water partition coefficient (Wildman–Crippen LogP) is 4.15. The Hall–Kier alpha value is -1.50. The van der Waals surface area contributed by atoms with Crippen LogP contribution in [0.2, 0.25) is 0 Å². The van der Waals surface area contributed by atoms with Crippen molar-refractivity contribution >= 4 is 11.0 Å². The highest BCUT2D eigenvalue weighted by Crippen LogP contribution is 2.17. The molecule has 77 valence electrons. The van der Waals surface area contributed by atoms with Crippen molar-refractivity contribution in [2.24, 2.45) is 0 Å². The Morgan fingerprint density at radius 3 is 3.00 bits per heavy atom. The topological polar surface area (TPSA) is 13.1 Å². The standard InChI is InChI=1S/C14H15O/c1-2-3-4-5-6-12-7-8-13-9-10-15-14(13)11-12/h4-5,7-11H,1-3,6H2. The second kappa shape index (κ2) is 4.83. The van der Waals surface area contributed by atoms with Gasteiger partial charge in [0.05, 0.1) is 6.26 Å². The molecular formula is C14H15O. The van der Waals surface area contributed by atoms with Crippen LogP contribution in [0.5, 0.6) is 0 Å². The molecule has 1 aromatic carbocycles. The van der Waals surface area contributed by atoms with Crippen LogP contribution in [-0.2, 0) is 6.42 Å². The van der Waals surface area contributed by atoms with Crippen molar-refractivity contribution in [3.63, 3.8) is 0 Å². The van der Waals surface area contributed by atoms with Crippen molar-refractivity contribution in [2.45, 2.75) is 19.3 Å². The van der Waals surface area contributed by atoms with Crippen LogP contribution in [0.4, 0.5) is 0 Å². The second-order valence-electron chi connectivity index (χ2n) is 3.61. The van der Waals surface area contributed by atoms with Crippen molar-refractivity contribution in [1.29, 1.82) is 0 Å². The van der Waals surface area contributed by atoms with Gasteiger partial charge in [-0.25, -0.2) is 0 Å². The van der Waals surface area contributed by atoms with Gasteiger partial charge >= 0.3 is 0 Å². The molecule has 2 rings (SSSR count). The van der Waals surface area contributed by atoms with Gasteiger partial charge in [-0.2, -0.15) is 0 Å². The molecule has 1 nitrogen and oxygen atoms in total. The first kappa shape index (κ1) is 10.0. The summed E-state index contributed by atoms with van der Waals surface area (Å²) in [6, 6.07) is 8.33. The SMILES string of the molecule is [CH2]CCC=CCc1ccc2ccoc2c1. The summed E-state index contributed by atoms with van der Waals surface area (Å²) >= 11 is 0. The Labute approximate surface area is 90.4 Å². The van der Waals surface area contributed by atoms with E-state index in [1.165, 1.54) is 10.9 Å². The van der Waals surface area contributed by atoms with Crippen LogP contribution >= 0.6 is 0 Å². The van der Waals surface area contributed by atoms with Gasteiger partial charge in [-0.3, -0.25) is 0 Å². The normalized spacial score (nSPS) is 11.5. The zero-order valence-corrected chi connectivity index (χ0v) is 8.78. The van der Waals surface area contributed by atoms with Crippen LogP contribution in [0.3, 0.4) is 0 Å². The minimum atomic E-state index is 0.966. The molecule has 0 bridgehead atoms. The van der Waals surface area contributed by atoms with E-state index in [-0.39, 0.29) is 0 Å². The molecule has 0 fully saturated rings. The molecule has 1 radical (unpaired) electrons. The molecule has 2 aromatic rings. The highest BCUT2D eigenvalue weighted by Gasteiger charge is 1.96. The monoisotopic (exact) mass is 199 g/mol. The van der Waals surface area contributed by atoms with E-state index in [1.807, 2.05) is 6.07 Å². The van der Waals surface area contributed by atoms with E-state index in [9.17, 15) is 0 Å². The zero-order valence-electron chi connectivity index (χ0n) is 8.78. The van der Waals surface area contributed by atoms with Gasteiger partial charge < -0.3 is 4.42 Å². The summed E-state index contributed by atoms with van der Waals surface area (Å²) in [6.07, 6.45) is 9.09. The number of benzene rings is 1. The summed E-state index contributed by atoms with van der Waals surface area (Å²) in [6.45, 7) is 3.80. The van der Waals surface area contributed by atoms with Gasteiger partial charge in [0, 0.05) is 5.39 Å². The Balaban J connectivity index is 2.08. The quantitative estimate of drug-likeness (QED) is 0.674. The van der Waals surface area contributed by atoms with Crippen LogP contribution in [-0.4, -0.2) is 0 Å². The second-order valence-corrected chi connectivity index (χ2v) is 3.61. The molecule has 0 atom stereocenters. The Morgan fingerprint density at radius 1 is 1.20 bits per heavy atom. The van der Waals surface area contributed by atoms with Crippen molar-refractivity contribution in [3.05, 3.63) is 55.2 Å². The minimum Gasteiger partial charge on any atom is -0.464 e. The smallest absolute Gasteiger partial charge is 0.134 e. The minimum absolute atomic E-state index is 0.966. The molecular weight excluding hydrogens is 184 g/mol. The van der Waals surface area contributed by atoms with Gasteiger partial charge in [0.15, 0.2) is 0 Å². The van der Waals surface area contributed by atoms with E-state index in [4.69, 9.17) is 4.42 Å². The number of furan rings is 1. The lowest BCUT2D eigenvalue weighted by Gasteiger charge is -1.96. The molecule has 0 spiro atoms. The fraction of sp³-hybridized carbons (Fsp3) is 0.214. The first-order chi connectivity index (χ1) is 7.40. The summed E-state index contributed by atoms with van der Waals surface area (Å²) in [5.74, 6) is 0. The van der Waals surface area contributed by atoms with Crippen molar-refractivity contribution in [2.75, 3.05) is 0 Å². The predicted molar refractivity (Wildman–Crippen MR) is 63.6 cm³/mol. The number of hydrogen-bond donors (Lipinski definition) is 0. The Kier molecular flexibility index (Phi) is 3.23. The summed E-state index contributed by atoms with van der Waals surface area (Å²) in [5.41, 5.74) is 2.26. The van der Waals surface area contributed by atoms with Gasteiger partial charge in [0.25, 0.3) is 0 Å². The molecule has 1 heteroatoms. The van der Waals surface area contributed by atoms with Crippen LogP contribution in [0.15, 0.2) is 47.1 Å². The van der Waals surface area contributed by atoms with Crippen LogP contribution in [0.25, 0.3) is 11.0 Å². The fourth-order valence-electron chi connectivity index (χ4n) is 1.58. The number of fused-ring (bicyclic) bond motifs is 1. The van der Waals surface area contributed by atoms with Crippen molar-refractivity contribution in [3.8, 4) is 0 Å². The fourth-order valence-corrected chi connectivity index (χ4v) is 1.58. The van der Waals surface area contributed by atoms with E-state index in [0.29, 0.717) is 0 Å². The number of rotatable bonds is 4. The summed E-state index contributed by atoms with van der Waals surface area (Å²) in [5, 5.41) is 1.17. The molecule has 0 aliphatic rings. The maximum absolute atomic E-state index is 5.35. The van der Waals surface area contributed by atoms with Crippen molar-refractivity contribution in [1.82, 2.24) is 0 Å². The van der Waals surface area contributed by atoms with Gasteiger partial charge in [-0.15, -0.1) is 0 Å². The Morgan fingerprint density at radius 2 is 2.13 bits per heavy atom. The van der Waals surface area contributed by atoms with E-state index >= 15 is 0 Å².